The Labute approximate surface area is 167 Å². The molecule has 1 heterocycles. The number of fused-ring (bicyclic) bond motifs is 1. The van der Waals surface area contributed by atoms with E-state index in [0.29, 0.717) is 42.4 Å². The van der Waals surface area contributed by atoms with E-state index < -0.39 is 10.8 Å². The molecule has 3 rings (SSSR count). The van der Waals surface area contributed by atoms with Crippen LogP contribution in [0.3, 0.4) is 0 Å². The molecule has 1 aliphatic heterocycles. The number of carbonyl (C=O) groups excluding carboxylic acids is 2. The van der Waals surface area contributed by atoms with Crippen LogP contribution in [0.1, 0.15) is 29.3 Å². The van der Waals surface area contributed by atoms with Gasteiger partial charge in [0.25, 0.3) is 5.91 Å². The van der Waals surface area contributed by atoms with Gasteiger partial charge in [-0.25, -0.2) is 0 Å². The molecular weight excluding hydrogens is 376 g/mol. The lowest BCUT2D eigenvalue weighted by Crippen LogP contribution is -2.38. The maximum Gasteiger partial charge on any atom is 0.251 e. The van der Waals surface area contributed by atoms with E-state index in [0.717, 1.165) is 12.0 Å². The Morgan fingerprint density at radius 3 is 2.75 bits per heavy atom. The van der Waals surface area contributed by atoms with Gasteiger partial charge in [0.2, 0.25) is 5.91 Å². The van der Waals surface area contributed by atoms with Gasteiger partial charge in [-0.2, -0.15) is 0 Å². The van der Waals surface area contributed by atoms with Crippen molar-refractivity contribution in [1.82, 2.24) is 5.32 Å². The Bertz CT molecular complexity index is 870. The zero-order chi connectivity index (χ0) is 19.9. The summed E-state index contributed by atoms with van der Waals surface area (Å²) in [5.41, 5.74) is 1.96. The van der Waals surface area contributed by atoms with Crippen LogP contribution in [0.15, 0.2) is 53.4 Å². The standard InChI is InChI=1S/C21H24N2O4S/c1-2-27-12-6-11-22-21(25)17-9-10-19-18(13-17)23(20(24)15-28(19)26)14-16-7-4-3-5-8-16/h3-5,7-10,13H,2,6,11-12,14-15H2,1H3,(H,22,25)/t28-/m0/s1. The third-order valence-corrected chi connectivity index (χ3v) is 5.80. The van der Waals surface area contributed by atoms with E-state index in [2.05, 4.69) is 5.32 Å². The second kappa shape index (κ2) is 9.61. The molecule has 0 spiro atoms. The van der Waals surface area contributed by atoms with E-state index in [1.807, 2.05) is 37.3 Å². The molecule has 2 aromatic carbocycles. The molecular formula is C21H24N2O4S. The minimum Gasteiger partial charge on any atom is -0.382 e. The number of rotatable bonds is 8. The lowest BCUT2D eigenvalue weighted by Gasteiger charge is -2.29. The summed E-state index contributed by atoms with van der Waals surface area (Å²) in [6.45, 7) is 4.07. The van der Waals surface area contributed by atoms with Gasteiger partial charge in [0.1, 0.15) is 5.75 Å². The maximum absolute atomic E-state index is 12.5. The summed E-state index contributed by atoms with van der Waals surface area (Å²) in [5.74, 6) is -0.463. The van der Waals surface area contributed by atoms with Crippen molar-refractivity contribution < 1.29 is 18.5 Å². The summed E-state index contributed by atoms with van der Waals surface area (Å²) in [7, 11) is -1.39. The highest BCUT2D eigenvalue weighted by atomic mass is 32.2. The van der Waals surface area contributed by atoms with E-state index in [4.69, 9.17) is 4.74 Å². The minimum atomic E-state index is -1.39. The Hall–Kier alpha value is -2.51. The van der Waals surface area contributed by atoms with Crippen molar-refractivity contribution >= 4 is 28.3 Å². The summed E-state index contributed by atoms with van der Waals surface area (Å²) < 4.78 is 17.7. The second-order valence-corrected chi connectivity index (χ2v) is 7.86. The fraction of sp³-hybridized carbons (Fsp3) is 0.333. The molecule has 1 atom stereocenters. The number of nitrogens with zero attached hydrogens (tertiary/aromatic N) is 1. The molecule has 6 nitrogen and oxygen atoms in total. The van der Waals surface area contributed by atoms with Gasteiger partial charge in [0, 0.05) is 25.3 Å². The second-order valence-electron chi connectivity index (χ2n) is 6.44. The molecule has 28 heavy (non-hydrogen) atoms. The van der Waals surface area contributed by atoms with Crippen LogP contribution >= 0.6 is 0 Å². The topological polar surface area (TPSA) is 75.7 Å². The molecule has 1 N–H and O–H groups in total. The van der Waals surface area contributed by atoms with Crippen molar-refractivity contribution in [2.75, 3.05) is 30.4 Å². The number of carbonyl (C=O) groups is 2. The third kappa shape index (κ3) is 4.85. The summed E-state index contributed by atoms with van der Waals surface area (Å²) >= 11 is 0. The Balaban J connectivity index is 1.79. The van der Waals surface area contributed by atoms with Crippen molar-refractivity contribution in [3.63, 3.8) is 0 Å². The summed E-state index contributed by atoms with van der Waals surface area (Å²) in [4.78, 5) is 27.2. The fourth-order valence-electron chi connectivity index (χ4n) is 3.03. The van der Waals surface area contributed by atoms with Crippen molar-refractivity contribution in [2.45, 2.75) is 24.8 Å². The van der Waals surface area contributed by atoms with Crippen LogP contribution in [0.4, 0.5) is 5.69 Å². The molecule has 0 aromatic heterocycles. The molecule has 1 aliphatic rings. The minimum absolute atomic E-state index is 0.0389. The number of hydrogen-bond acceptors (Lipinski definition) is 4. The highest BCUT2D eigenvalue weighted by molar-refractivity contribution is 7.86. The summed E-state index contributed by atoms with van der Waals surface area (Å²) in [6, 6.07) is 14.6. The third-order valence-electron chi connectivity index (χ3n) is 4.45. The SMILES string of the molecule is CCOCCCNC(=O)c1ccc2c(c1)N(Cc1ccccc1)C(=O)C[S@@]2=O. The summed E-state index contributed by atoms with van der Waals surface area (Å²) in [6.07, 6.45) is 0.729. The first-order valence-corrected chi connectivity index (χ1v) is 10.6. The van der Waals surface area contributed by atoms with Crippen molar-refractivity contribution in [1.29, 1.82) is 0 Å². The number of benzene rings is 2. The van der Waals surface area contributed by atoms with Gasteiger partial charge in [-0.05, 0) is 37.1 Å². The zero-order valence-electron chi connectivity index (χ0n) is 15.8. The number of amides is 2. The lowest BCUT2D eigenvalue weighted by molar-refractivity contribution is -0.116. The zero-order valence-corrected chi connectivity index (χ0v) is 16.7. The Morgan fingerprint density at radius 1 is 1.21 bits per heavy atom. The van der Waals surface area contributed by atoms with Crippen molar-refractivity contribution in [2.24, 2.45) is 0 Å². The van der Waals surface area contributed by atoms with E-state index in [9.17, 15) is 13.8 Å². The van der Waals surface area contributed by atoms with Crippen LogP contribution in [0.5, 0.6) is 0 Å². The molecule has 0 unspecified atom stereocenters. The lowest BCUT2D eigenvalue weighted by atomic mass is 10.1. The van der Waals surface area contributed by atoms with E-state index in [-0.39, 0.29) is 17.6 Å². The molecule has 2 aromatic rings. The number of hydrogen-bond donors (Lipinski definition) is 1. The first kappa shape index (κ1) is 20.2. The number of anilines is 1. The van der Waals surface area contributed by atoms with Crippen LogP contribution in [-0.2, 0) is 26.9 Å². The highest BCUT2D eigenvalue weighted by Crippen LogP contribution is 2.31. The van der Waals surface area contributed by atoms with Gasteiger partial charge in [-0.15, -0.1) is 0 Å². The van der Waals surface area contributed by atoms with Crippen LogP contribution in [0.25, 0.3) is 0 Å². The monoisotopic (exact) mass is 400 g/mol. The van der Waals surface area contributed by atoms with E-state index in [1.54, 1.807) is 23.1 Å². The number of nitrogens with one attached hydrogen (secondary N) is 1. The molecule has 0 saturated heterocycles. The molecule has 2 amide bonds. The molecule has 0 saturated carbocycles. The van der Waals surface area contributed by atoms with Gasteiger partial charge in [-0.1, -0.05) is 30.3 Å². The van der Waals surface area contributed by atoms with E-state index in [1.165, 1.54) is 0 Å². The average Bonchev–Trinajstić information content (AvgIpc) is 2.71. The van der Waals surface area contributed by atoms with E-state index >= 15 is 0 Å². The smallest absolute Gasteiger partial charge is 0.251 e. The van der Waals surface area contributed by atoms with Gasteiger partial charge < -0.3 is 15.0 Å². The normalized spacial score (nSPS) is 16.0. The molecule has 148 valence electrons. The average molecular weight is 401 g/mol. The molecule has 0 fully saturated rings. The fourth-order valence-corrected chi connectivity index (χ4v) is 4.18. The Kier molecular flexibility index (Phi) is 6.95. The predicted molar refractivity (Wildman–Crippen MR) is 109 cm³/mol. The van der Waals surface area contributed by atoms with Crippen LogP contribution in [-0.4, -0.2) is 41.5 Å². The van der Waals surface area contributed by atoms with Crippen LogP contribution < -0.4 is 10.2 Å². The maximum atomic E-state index is 12.5. The predicted octanol–water partition coefficient (Wildman–Crippen LogP) is 2.50. The van der Waals surface area contributed by atoms with Crippen LogP contribution in [0, 0.1) is 0 Å². The quantitative estimate of drug-likeness (QED) is 0.691. The van der Waals surface area contributed by atoms with Gasteiger partial charge in [-0.3, -0.25) is 13.8 Å². The van der Waals surface area contributed by atoms with Gasteiger partial charge >= 0.3 is 0 Å². The van der Waals surface area contributed by atoms with Crippen molar-refractivity contribution in [3.05, 3.63) is 59.7 Å². The number of ether oxygens (including phenoxy) is 1. The van der Waals surface area contributed by atoms with Crippen molar-refractivity contribution in [3.8, 4) is 0 Å². The van der Waals surface area contributed by atoms with Gasteiger partial charge in [0.05, 0.1) is 27.9 Å². The molecule has 0 radical (unpaired) electrons. The first-order chi connectivity index (χ1) is 13.6. The highest BCUT2D eigenvalue weighted by Gasteiger charge is 2.30. The largest absolute Gasteiger partial charge is 0.382 e. The van der Waals surface area contributed by atoms with Gasteiger partial charge in [0.15, 0.2) is 0 Å². The summed E-state index contributed by atoms with van der Waals surface area (Å²) in [5, 5.41) is 2.85. The Morgan fingerprint density at radius 2 is 2.00 bits per heavy atom. The molecule has 0 aliphatic carbocycles. The van der Waals surface area contributed by atoms with Crippen LogP contribution in [0.2, 0.25) is 0 Å². The molecule has 0 bridgehead atoms. The molecule has 7 heteroatoms. The first-order valence-electron chi connectivity index (χ1n) is 9.32.